The highest BCUT2D eigenvalue weighted by Crippen LogP contribution is 2.50. The Balaban J connectivity index is 2.28. The Morgan fingerprint density at radius 3 is 2.76 bits per heavy atom. The first-order valence-corrected chi connectivity index (χ1v) is 6.84. The van der Waals surface area contributed by atoms with Crippen LogP contribution in [0.4, 0.5) is 0 Å². The van der Waals surface area contributed by atoms with Crippen molar-refractivity contribution in [1.29, 1.82) is 0 Å². The largest absolute Gasteiger partial charge is 0.457 e. The Bertz CT molecular complexity index is 354. The van der Waals surface area contributed by atoms with Gasteiger partial charge in [-0.3, -0.25) is 4.79 Å². The van der Waals surface area contributed by atoms with Crippen molar-refractivity contribution in [3.05, 3.63) is 11.6 Å². The minimum Gasteiger partial charge on any atom is -0.457 e. The van der Waals surface area contributed by atoms with E-state index in [1.165, 1.54) is 5.57 Å². The first kappa shape index (κ1) is 12.7. The Labute approximate surface area is 104 Å². The fourth-order valence-electron chi connectivity index (χ4n) is 3.08. The number of hydrogen-bond acceptors (Lipinski definition) is 2. The molecule has 0 aromatic carbocycles. The third-order valence-corrected chi connectivity index (χ3v) is 5.06. The van der Waals surface area contributed by atoms with E-state index in [1.54, 1.807) is 0 Å². The molecule has 1 aliphatic carbocycles. The van der Waals surface area contributed by atoms with Gasteiger partial charge in [-0.1, -0.05) is 33.3 Å². The smallest absolute Gasteiger partial charge is 0.307 e. The molecule has 1 heterocycles. The van der Waals surface area contributed by atoms with Crippen molar-refractivity contribution < 1.29 is 9.53 Å². The number of rotatable bonds is 3. The van der Waals surface area contributed by atoms with E-state index in [2.05, 4.69) is 33.8 Å². The maximum Gasteiger partial charge on any atom is 0.307 e. The van der Waals surface area contributed by atoms with Gasteiger partial charge in [0.25, 0.3) is 0 Å². The van der Waals surface area contributed by atoms with Gasteiger partial charge in [0.05, 0.1) is 6.42 Å². The van der Waals surface area contributed by atoms with Gasteiger partial charge in [0.1, 0.15) is 6.10 Å². The topological polar surface area (TPSA) is 26.3 Å². The molecule has 0 saturated carbocycles. The van der Waals surface area contributed by atoms with Gasteiger partial charge in [-0.25, -0.2) is 0 Å². The van der Waals surface area contributed by atoms with Crippen molar-refractivity contribution in [2.45, 2.75) is 65.9 Å². The number of fused-ring (bicyclic) bond motifs is 1. The second kappa shape index (κ2) is 4.15. The Morgan fingerprint density at radius 2 is 2.18 bits per heavy atom. The lowest BCUT2D eigenvalue weighted by Gasteiger charge is -2.39. The van der Waals surface area contributed by atoms with E-state index in [4.69, 9.17) is 4.74 Å². The molecule has 2 rings (SSSR count). The molecule has 0 aromatic heterocycles. The molecule has 1 fully saturated rings. The van der Waals surface area contributed by atoms with Crippen LogP contribution in [0.25, 0.3) is 0 Å². The fourth-order valence-corrected chi connectivity index (χ4v) is 3.08. The zero-order valence-corrected chi connectivity index (χ0v) is 11.5. The summed E-state index contributed by atoms with van der Waals surface area (Å²) >= 11 is 0. The molecule has 2 aliphatic rings. The van der Waals surface area contributed by atoms with Crippen molar-refractivity contribution in [2.75, 3.05) is 0 Å². The zero-order chi connectivity index (χ0) is 12.7. The molecule has 0 bridgehead atoms. The van der Waals surface area contributed by atoms with E-state index >= 15 is 0 Å². The van der Waals surface area contributed by atoms with Crippen LogP contribution in [-0.2, 0) is 9.53 Å². The highest BCUT2D eigenvalue weighted by Gasteiger charge is 2.49. The summed E-state index contributed by atoms with van der Waals surface area (Å²) in [7, 11) is 0. The van der Waals surface area contributed by atoms with Crippen LogP contribution in [0.3, 0.4) is 0 Å². The van der Waals surface area contributed by atoms with Crippen LogP contribution < -0.4 is 0 Å². The van der Waals surface area contributed by atoms with Crippen LogP contribution in [0.15, 0.2) is 11.6 Å². The van der Waals surface area contributed by atoms with Gasteiger partial charge in [-0.05, 0) is 37.2 Å². The standard InChI is InChI=1S/C15H24O2/c1-5-14(3,4)11-7-8-15(6-2)10-13(16)17-12(15)9-11/h9,12H,5-8,10H2,1-4H3/t12-,15-/m0/s1. The second-order valence-electron chi connectivity index (χ2n) is 6.23. The molecular formula is C15H24O2. The van der Waals surface area contributed by atoms with Gasteiger partial charge in [-0.2, -0.15) is 0 Å². The lowest BCUT2D eigenvalue weighted by molar-refractivity contribution is -0.140. The summed E-state index contributed by atoms with van der Waals surface area (Å²) in [5, 5.41) is 0. The lowest BCUT2D eigenvalue weighted by atomic mass is 9.66. The molecular weight excluding hydrogens is 212 g/mol. The van der Waals surface area contributed by atoms with Gasteiger partial charge in [0.2, 0.25) is 0 Å². The normalized spacial score (nSPS) is 33.1. The van der Waals surface area contributed by atoms with Crippen molar-refractivity contribution in [1.82, 2.24) is 0 Å². The monoisotopic (exact) mass is 236 g/mol. The number of carbonyl (C=O) groups excluding carboxylic acids is 1. The third-order valence-electron chi connectivity index (χ3n) is 5.06. The Kier molecular flexibility index (Phi) is 3.09. The minimum absolute atomic E-state index is 0.0105. The van der Waals surface area contributed by atoms with E-state index in [0.717, 1.165) is 25.7 Å². The molecule has 1 saturated heterocycles. The van der Waals surface area contributed by atoms with Crippen molar-refractivity contribution in [3.63, 3.8) is 0 Å². The molecule has 2 heteroatoms. The first-order chi connectivity index (χ1) is 7.93. The lowest BCUT2D eigenvalue weighted by Crippen LogP contribution is -2.34. The van der Waals surface area contributed by atoms with Crippen molar-refractivity contribution in [3.8, 4) is 0 Å². The number of hydrogen-bond donors (Lipinski definition) is 0. The van der Waals surface area contributed by atoms with Crippen LogP contribution in [0.2, 0.25) is 0 Å². The molecule has 17 heavy (non-hydrogen) atoms. The molecule has 1 aliphatic heterocycles. The first-order valence-electron chi connectivity index (χ1n) is 6.84. The van der Waals surface area contributed by atoms with E-state index in [1.807, 2.05) is 0 Å². The number of esters is 1. The number of ether oxygens (including phenoxy) is 1. The van der Waals surface area contributed by atoms with Gasteiger partial charge in [0, 0.05) is 5.41 Å². The SMILES string of the molecule is CCC(C)(C)C1=C[C@@H]2OC(=O)C[C@]2(CC)CC1. The van der Waals surface area contributed by atoms with Gasteiger partial charge in [-0.15, -0.1) is 0 Å². The number of allylic oxidation sites excluding steroid dienone is 1. The molecule has 2 nitrogen and oxygen atoms in total. The summed E-state index contributed by atoms with van der Waals surface area (Å²) in [5.41, 5.74) is 1.82. The summed E-state index contributed by atoms with van der Waals surface area (Å²) in [6.45, 7) is 8.98. The Hall–Kier alpha value is -0.790. The Morgan fingerprint density at radius 1 is 1.47 bits per heavy atom. The molecule has 96 valence electrons. The average molecular weight is 236 g/mol. The highest BCUT2D eigenvalue weighted by atomic mass is 16.6. The molecule has 0 radical (unpaired) electrons. The van der Waals surface area contributed by atoms with Gasteiger partial charge < -0.3 is 4.74 Å². The fraction of sp³-hybridized carbons (Fsp3) is 0.800. The maximum absolute atomic E-state index is 11.5. The van der Waals surface area contributed by atoms with Gasteiger partial charge >= 0.3 is 5.97 Å². The molecule has 2 atom stereocenters. The summed E-state index contributed by atoms with van der Waals surface area (Å²) in [5.74, 6) is -0.0105. The maximum atomic E-state index is 11.5. The zero-order valence-electron chi connectivity index (χ0n) is 11.5. The summed E-state index contributed by atoms with van der Waals surface area (Å²) in [6, 6.07) is 0. The van der Waals surface area contributed by atoms with Crippen molar-refractivity contribution >= 4 is 5.97 Å². The second-order valence-corrected chi connectivity index (χ2v) is 6.23. The number of carbonyl (C=O) groups is 1. The van der Waals surface area contributed by atoms with E-state index in [-0.39, 0.29) is 22.9 Å². The van der Waals surface area contributed by atoms with E-state index < -0.39 is 0 Å². The molecule has 0 N–H and O–H groups in total. The van der Waals surface area contributed by atoms with Crippen LogP contribution in [0.1, 0.15) is 59.8 Å². The van der Waals surface area contributed by atoms with Crippen molar-refractivity contribution in [2.24, 2.45) is 10.8 Å². The summed E-state index contributed by atoms with van der Waals surface area (Å²) in [6.07, 6.45) is 7.32. The summed E-state index contributed by atoms with van der Waals surface area (Å²) < 4.78 is 5.51. The molecule has 0 amide bonds. The quantitative estimate of drug-likeness (QED) is 0.549. The molecule has 0 unspecified atom stereocenters. The van der Waals surface area contributed by atoms with Gasteiger partial charge in [0.15, 0.2) is 0 Å². The van der Waals surface area contributed by atoms with Crippen LogP contribution in [0, 0.1) is 10.8 Å². The van der Waals surface area contributed by atoms with E-state index in [0.29, 0.717) is 6.42 Å². The predicted octanol–water partition coefficient (Wildman–Crippen LogP) is 3.85. The molecule has 0 spiro atoms. The predicted molar refractivity (Wildman–Crippen MR) is 68.6 cm³/mol. The summed E-state index contributed by atoms with van der Waals surface area (Å²) in [4.78, 5) is 11.5. The van der Waals surface area contributed by atoms with Crippen LogP contribution in [0.5, 0.6) is 0 Å². The van der Waals surface area contributed by atoms with Crippen LogP contribution in [-0.4, -0.2) is 12.1 Å². The highest BCUT2D eigenvalue weighted by molar-refractivity contribution is 5.73. The van der Waals surface area contributed by atoms with E-state index in [9.17, 15) is 4.79 Å². The van der Waals surface area contributed by atoms with Crippen LogP contribution >= 0.6 is 0 Å². The third kappa shape index (κ3) is 2.02. The molecule has 0 aromatic rings. The minimum atomic E-state index is -0.0105. The average Bonchev–Trinajstić information content (AvgIpc) is 2.64.